The molecule has 1 aromatic carbocycles. The third kappa shape index (κ3) is 3.73. The molecular weight excluding hydrogens is 322 g/mol. The van der Waals surface area contributed by atoms with E-state index < -0.39 is 22.0 Å². The number of benzene rings is 1. The molecule has 0 saturated heterocycles. The normalized spacial score (nSPS) is 13.2. The number of carbonyl (C=O) groups is 1. The van der Waals surface area contributed by atoms with Gasteiger partial charge in [0.2, 0.25) is 10.0 Å². The summed E-state index contributed by atoms with van der Waals surface area (Å²) in [6.07, 6.45) is 0. The summed E-state index contributed by atoms with van der Waals surface area (Å²) in [6.45, 7) is 3.93. The van der Waals surface area contributed by atoms with Crippen LogP contribution < -0.4 is 4.72 Å². The monoisotopic (exact) mass is 339 g/mol. The van der Waals surface area contributed by atoms with Crippen molar-refractivity contribution in [2.24, 2.45) is 0 Å². The molecule has 5 nitrogen and oxygen atoms in total. The van der Waals surface area contributed by atoms with Gasteiger partial charge in [-0.3, -0.25) is 4.79 Å². The van der Waals surface area contributed by atoms with Crippen molar-refractivity contribution >= 4 is 27.3 Å². The van der Waals surface area contributed by atoms with Crippen LogP contribution in [0.25, 0.3) is 0 Å². The zero-order valence-electron chi connectivity index (χ0n) is 12.2. The van der Waals surface area contributed by atoms with E-state index in [0.717, 1.165) is 5.56 Å². The van der Waals surface area contributed by atoms with Crippen molar-refractivity contribution in [3.05, 3.63) is 52.2 Å². The Kier molecular flexibility index (Phi) is 5.00. The Morgan fingerprint density at radius 1 is 1.23 bits per heavy atom. The summed E-state index contributed by atoms with van der Waals surface area (Å²) in [5, 5.41) is 11.0. The number of aliphatic carboxylic acids is 1. The molecule has 7 heteroatoms. The highest BCUT2D eigenvalue weighted by Gasteiger charge is 2.27. The highest BCUT2D eigenvalue weighted by atomic mass is 32.2. The second-order valence-corrected chi connectivity index (χ2v) is 7.83. The van der Waals surface area contributed by atoms with Crippen LogP contribution in [0.15, 0.2) is 46.7 Å². The Hall–Kier alpha value is -1.70. The van der Waals surface area contributed by atoms with Crippen LogP contribution in [0.5, 0.6) is 0 Å². The molecule has 0 spiro atoms. The van der Waals surface area contributed by atoms with E-state index in [-0.39, 0.29) is 10.8 Å². The van der Waals surface area contributed by atoms with E-state index in [4.69, 9.17) is 0 Å². The van der Waals surface area contributed by atoms with Gasteiger partial charge in [-0.2, -0.15) is 4.72 Å². The Labute approximate surface area is 133 Å². The summed E-state index contributed by atoms with van der Waals surface area (Å²) in [4.78, 5) is 11.9. The van der Waals surface area contributed by atoms with Crippen LogP contribution in [0.1, 0.15) is 36.2 Å². The predicted octanol–water partition coefficient (Wildman–Crippen LogP) is 2.98. The molecule has 0 amide bonds. The number of hydrogen-bond donors (Lipinski definition) is 2. The summed E-state index contributed by atoms with van der Waals surface area (Å²) < 4.78 is 27.2. The topological polar surface area (TPSA) is 83.5 Å². The molecule has 22 heavy (non-hydrogen) atoms. The summed E-state index contributed by atoms with van der Waals surface area (Å²) >= 11 is 1.20. The van der Waals surface area contributed by atoms with Crippen molar-refractivity contribution in [1.82, 2.24) is 4.72 Å². The van der Waals surface area contributed by atoms with E-state index in [0.29, 0.717) is 4.88 Å². The molecule has 1 unspecified atom stereocenters. The first-order valence-corrected chi connectivity index (χ1v) is 9.06. The van der Waals surface area contributed by atoms with Gasteiger partial charge in [-0.05, 0) is 35.1 Å². The lowest BCUT2D eigenvalue weighted by Gasteiger charge is -2.14. The van der Waals surface area contributed by atoms with Crippen LogP contribution in [0.4, 0.5) is 0 Å². The highest BCUT2D eigenvalue weighted by Crippen LogP contribution is 2.23. The predicted molar refractivity (Wildman–Crippen MR) is 85.5 cm³/mol. The quantitative estimate of drug-likeness (QED) is 0.847. The van der Waals surface area contributed by atoms with Crippen LogP contribution in [-0.4, -0.2) is 19.5 Å². The largest absolute Gasteiger partial charge is 0.480 e. The van der Waals surface area contributed by atoms with Crippen LogP contribution in [0.3, 0.4) is 0 Å². The fourth-order valence-corrected chi connectivity index (χ4v) is 4.01. The van der Waals surface area contributed by atoms with Crippen molar-refractivity contribution in [3.63, 3.8) is 0 Å². The summed E-state index contributed by atoms with van der Waals surface area (Å²) in [7, 11) is -3.91. The van der Waals surface area contributed by atoms with E-state index in [1.807, 2.05) is 19.9 Å². The molecule has 2 N–H and O–H groups in total. The van der Waals surface area contributed by atoms with Crippen molar-refractivity contribution in [3.8, 4) is 0 Å². The van der Waals surface area contributed by atoms with Gasteiger partial charge in [-0.15, -0.1) is 11.3 Å². The number of carboxylic acid groups (broad SMARTS) is 1. The minimum absolute atomic E-state index is 0.0708. The van der Waals surface area contributed by atoms with E-state index in [1.165, 1.54) is 17.4 Å². The molecule has 1 atom stereocenters. The third-order valence-corrected chi connectivity index (χ3v) is 5.54. The second-order valence-electron chi connectivity index (χ2n) is 5.14. The molecule has 1 aromatic heterocycles. The van der Waals surface area contributed by atoms with E-state index in [9.17, 15) is 18.3 Å². The van der Waals surface area contributed by atoms with Gasteiger partial charge in [0, 0.05) is 4.88 Å². The zero-order chi connectivity index (χ0) is 16.3. The average molecular weight is 339 g/mol. The molecule has 2 rings (SSSR count). The molecule has 0 saturated carbocycles. The SMILES string of the molecule is CC(C)c1cccc(S(=O)(=O)NC(C(=O)O)c2cccs2)c1. The van der Waals surface area contributed by atoms with E-state index in [1.54, 1.807) is 29.6 Å². The molecule has 1 heterocycles. The number of sulfonamides is 1. The van der Waals surface area contributed by atoms with Crippen LogP contribution >= 0.6 is 11.3 Å². The molecule has 0 aliphatic rings. The number of carboxylic acids is 1. The van der Waals surface area contributed by atoms with Crippen molar-refractivity contribution in [2.45, 2.75) is 30.7 Å². The summed E-state index contributed by atoms with van der Waals surface area (Å²) in [6, 6.07) is 8.53. The Morgan fingerprint density at radius 3 is 2.50 bits per heavy atom. The van der Waals surface area contributed by atoms with E-state index in [2.05, 4.69) is 4.72 Å². The lowest BCUT2D eigenvalue weighted by molar-refractivity contribution is -0.139. The smallest absolute Gasteiger partial charge is 0.327 e. The lowest BCUT2D eigenvalue weighted by atomic mass is 10.0. The number of nitrogens with one attached hydrogen (secondary N) is 1. The molecule has 2 aromatic rings. The standard InChI is InChI=1S/C15H17NO4S2/c1-10(2)11-5-3-6-12(9-11)22(19,20)16-14(15(17)18)13-7-4-8-21-13/h3-10,14,16H,1-2H3,(H,17,18). The van der Waals surface area contributed by atoms with Crippen LogP contribution in [0, 0.1) is 0 Å². The van der Waals surface area contributed by atoms with Crippen LogP contribution in [0.2, 0.25) is 0 Å². The first-order chi connectivity index (χ1) is 10.3. The van der Waals surface area contributed by atoms with Crippen molar-refractivity contribution in [1.29, 1.82) is 0 Å². The molecule has 118 valence electrons. The van der Waals surface area contributed by atoms with Gasteiger partial charge in [0.1, 0.15) is 0 Å². The maximum Gasteiger partial charge on any atom is 0.327 e. The highest BCUT2D eigenvalue weighted by molar-refractivity contribution is 7.89. The summed E-state index contributed by atoms with van der Waals surface area (Å²) in [5.74, 6) is -1.05. The van der Waals surface area contributed by atoms with Gasteiger partial charge in [-0.1, -0.05) is 32.0 Å². The van der Waals surface area contributed by atoms with Gasteiger partial charge < -0.3 is 5.11 Å². The van der Waals surface area contributed by atoms with Gasteiger partial charge >= 0.3 is 5.97 Å². The molecular formula is C15H17NO4S2. The minimum Gasteiger partial charge on any atom is -0.480 e. The van der Waals surface area contributed by atoms with Gasteiger partial charge in [0.15, 0.2) is 6.04 Å². The van der Waals surface area contributed by atoms with Gasteiger partial charge in [0.05, 0.1) is 4.90 Å². The Bertz CT molecular complexity index is 752. The Morgan fingerprint density at radius 2 is 1.95 bits per heavy atom. The maximum absolute atomic E-state index is 12.4. The van der Waals surface area contributed by atoms with Crippen LogP contribution in [-0.2, 0) is 14.8 Å². The summed E-state index contributed by atoms with van der Waals surface area (Å²) in [5.41, 5.74) is 0.880. The molecule has 0 aliphatic heterocycles. The van der Waals surface area contributed by atoms with Crippen molar-refractivity contribution in [2.75, 3.05) is 0 Å². The first-order valence-electron chi connectivity index (χ1n) is 6.70. The number of thiophene rings is 1. The fourth-order valence-electron chi connectivity index (χ4n) is 1.95. The third-order valence-electron chi connectivity index (χ3n) is 3.18. The minimum atomic E-state index is -3.91. The number of rotatable bonds is 6. The molecule has 0 radical (unpaired) electrons. The Balaban J connectivity index is 2.34. The van der Waals surface area contributed by atoms with Gasteiger partial charge in [-0.25, -0.2) is 8.42 Å². The first kappa shape index (κ1) is 16.7. The van der Waals surface area contributed by atoms with Crippen molar-refractivity contribution < 1.29 is 18.3 Å². The van der Waals surface area contributed by atoms with Gasteiger partial charge in [0.25, 0.3) is 0 Å². The molecule has 0 aliphatic carbocycles. The molecule has 0 fully saturated rings. The second kappa shape index (κ2) is 6.60. The van der Waals surface area contributed by atoms with E-state index >= 15 is 0 Å². The maximum atomic E-state index is 12.4. The molecule has 0 bridgehead atoms. The fraction of sp³-hybridized carbons (Fsp3) is 0.267. The lowest BCUT2D eigenvalue weighted by Crippen LogP contribution is -2.33. The zero-order valence-corrected chi connectivity index (χ0v) is 13.8. The number of hydrogen-bond acceptors (Lipinski definition) is 4. The average Bonchev–Trinajstić information content (AvgIpc) is 2.98.